The van der Waals surface area contributed by atoms with Crippen LogP contribution in [0.4, 0.5) is 0 Å². The van der Waals surface area contributed by atoms with E-state index in [4.69, 9.17) is 53.1 Å². The molecule has 7 aliphatic heterocycles. The Morgan fingerprint density at radius 2 is 1.12 bits per heavy atom. The van der Waals surface area contributed by atoms with Crippen LogP contribution in [0.5, 0.6) is 0 Å². The first kappa shape index (κ1) is 93.5. The number of primary amides is 1. The molecular formula is C66H108N10O37. The summed E-state index contributed by atoms with van der Waals surface area (Å²) in [5.41, 5.74) is 5.36. The van der Waals surface area contributed by atoms with Gasteiger partial charge in [0.25, 0.3) is 5.79 Å². The normalized spacial score (nSPS) is 36.6. The third-order valence-electron chi connectivity index (χ3n) is 20.5. The molecule has 0 aromatic rings. The van der Waals surface area contributed by atoms with Gasteiger partial charge in [-0.05, 0) is 53.5 Å². The molecule has 0 aliphatic carbocycles. The summed E-state index contributed by atoms with van der Waals surface area (Å²) in [6, 6.07) is -12.8. The van der Waals surface area contributed by atoms with Gasteiger partial charge in [0, 0.05) is 46.7 Å². The van der Waals surface area contributed by atoms with E-state index in [9.17, 15) is 130 Å². The number of hydrogen-bond donors (Lipinski definition) is 24. The molecule has 7 saturated heterocycles. The van der Waals surface area contributed by atoms with E-state index in [1.54, 1.807) is 0 Å². The number of rotatable bonds is 36. The van der Waals surface area contributed by atoms with Crippen LogP contribution in [0.25, 0.3) is 0 Å². The summed E-state index contributed by atoms with van der Waals surface area (Å²) in [4.78, 5) is 151. The Bertz CT molecular complexity index is 3270. The van der Waals surface area contributed by atoms with Crippen molar-refractivity contribution in [2.24, 2.45) is 11.7 Å². The Morgan fingerprint density at radius 1 is 0.575 bits per heavy atom. The van der Waals surface area contributed by atoms with Gasteiger partial charge in [0.2, 0.25) is 53.2 Å². The highest BCUT2D eigenvalue weighted by atomic mass is 16.8. The Labute approximate surface area is 645 Å². The van der Waals surface area contributed by atoms with Crippen molar-refractivity contribution in [3.63, 3.8) is 0 Å². The number of Topliss-reactive ketones (excluding diaryl/α,β-unsaturated/α-hetero) is 1. The molecule has 33 atom stereocenters. The lowest BCUT2D eigenvalue weighted by Gasteiger charge is -2.51. The van der Waals surface area contributed by atoms with E-state index < -0.39 is 319 Å². The number of hydrogen-bond acceptors (Lipinski definition) is 37. The lowest BCUT2D eigenvalue weighted by Crippen LogP contribution is -2.71. The lowest BCUT2D eigenvalue weighted by atomic mass is 9.88. The zero-order chi connectivity index (χ0) is 84.1. The lowest BCUT2D eigenvalue weighted by molar-refractivity contribution is -0.383. The molecule has 16 unspecified atom stereocenters. The summed E-state index contributed by atoms with van der Waals surface area (Å²) in [6.45, 7) is -0.393. The van der Waals surface area contributed by atoms with Gasteiger partial charge >= 0.3 is 5.97 Å². The molecule has 644 valence electrons. The average molecular weight is 1630 g/mol. The van der Waals surface area contributed by atoms with Crippen molar-refractivity contribution in [1.82, 2.24) is 47.0 Å². The number of carbonyl (C=O) groups is 11. The molecule has 9 amide bonds. The quantitative estimate of drug-likeness (QED) is 0.0277. The number of carbonyl (C=O) groups excluding carboxylic acids is 10. The number of amides is 9. The fourth-order valence-corrected chi connectivity index (χ4v) is 14.5. The highest BCUT2D eigenvalue weighted by molar-refractivity contribution is 5.97. The molecule has 0 spiro atoms. The van der Waals surface area contributed by atoms with E-state index in [2.05, 4.69) is 37.2 Å². The zero-order valence-corrected chi connectivity index (χ0v) is 62.8. The average Bonchev–Trinajstić information content (AvgIpc) is 1.28. The van der Waals surface area contributed by atoms with Crippen molar-refractivity contribution in [1.29, 1.82) is 0 Å². The second kappa shape index (κ2) is 41.4. The van der Waals surface area contributed by atoms with Crippen LogP contribution in [0, 0.1) is 5.92 Å². The highest BCUT2D eigenvalue weighted by Gasteiger charge is 2.62. The summed E-state index contributed by atoms with van der Waals surface area (Å²) in [5.74, 6) is -16.1. The largest absolute Gasteiger partial charge is 0.477 e. The molecule has 7 heterocycles. The third kappa shape index (κ3) is 22.3. The first-order valence-corrected chi connectivity index (χ1v) is 36.7. The Hall–Kier alpha value is -6.67. The number of aliphatic hydroxyl groups is 15. The molecule has 113 heavy (non-hydrogen) atoms. The van der Waals surface area contributed by atoms with Crippen molar-refractivity contribution >= 4 is 64.9 Å². The van der Waals surface area contributed by atoms with Gasteiger partial charge in [-0.1, -0.05) is 0 Å². The van der Waals surface area contributed by atoms with Crippen LogP contribution < -0.4 is 43.0 Å². The monoisotopic (exact) mass is 1630 g/mol. The SMILES string of the molecule is CNCC(=O)CC(CO)C(=O)NC(C(=O)NC(C)C(=O)N1CCCC1C(=O)N1CCCC1C(=O)NC(C)C(N)=O)C(C)O[C@H]1OC(CO[C@@H]2OC(CO)[C@@H](O[C@@H]3OC(CO)[C@H](O)[C@H](O)C3O)[C@H](O)C2NC(C)=O)[C@H](O)[C@H](O[C@@H]2OC(CO)[C@H](O)[C@H](O[C@]3(C(=O)O)C[C@@H](O)[C@@H](NC(C)=O)C([C@H](O)[C@H](O)CO)O3)C2O)C1NC(C)=O. The third-order valence-corrected chi connectivity index (χ3v) is 20.5. The summed E-state index contributed by atoms with van der Waals surface area (Å²) in [7, 11) is 1.41. The molecule has 47 nitrogen and oxygen atoms in total. The number of nitrogens with one attached hydrogen (secondary N) is 7. The predicted molar refractivity (Wildman–Crippen MR) is 367 cm³/mol. The molecule has 7 aliphatic rings. The topological polar surface area (TPSA) is 720 Å². The Kier molecular flexibility index (Phi) is 34.3. The number of ketones is 1. The van der Waals surface area contributed by atoms with Gasteiger partial charge in [0.15, 0.2) is 25.2 Å². The minimum Gasteiger partial charge on any atom is -0.477 e. The van der Waals surface area contributed by atoms with Gasteiger partial charge in [-0.3, -0.25) is 47.9 Å². The maximum atomic E-state index is 15.1. The van der Waals surface area contributed by atoms with Gasteiger partial charge < -0.3 is 182 Å². The molecule has 7 fully saturated rings. The Morgan fingerprint density at radius 3 is 1.70 bits per heavy atom. The van der Waals surface area contributed by atoms with Gasteiger partial charge in [-0.25, -0.2) is 4.79 Å². The summed E-state index contributed by atoms with van der Waals surface area (Å²) >= 11 is 0. The molecule has 0 aromatic carbocycles. The smallest absolute Gasteiger partial charge is 0.364 e. The van der Waals surface area contributed by atoms with Crippen LogP contribution in [0.15, 0.2) is 0 Å². The minimum atomic E-state index is -3.35. The van der Waals surface area contributed by atoms with Gasteiger partial charge in [-0.2, -0.15) is 0 Å². The molecule has 0 radical (unpaired) electrons. The number of likely N-dealkylation sites (tertiary alicyclic amines) is 2. The fraction of sp³-hybridized carbons (Fsp3) is 0.833. The van der Waals surface area contributed by atoms with Crippen molar-refractivity contribution in [3.8, 4) is 0 Å². The molecule has 0 aromatic heterocycles. The van der Waals surface area contributed by atoms with Gasteiger partial charge in [0.05, 0.1) is 70.4 Å². The fourth-order valence-electron chi connectivity index (χ4n) is 14.5. The van der Waals surface area contributed by atoms with Crippen LogP contribution in [-0.4, -0.2) is 418 Å². The number of likely N-dealkylation sites (N-methyl/N-ethyl adjacent to an activating group) is 1. The number of nitrogens with two attached hydrogens (primary N) is 1. The van der Waals surface area contributed by atoms with Gasteiger partial charge in [-0.15, -0.1) is 0 Å². The van der Waals surface area contributed by atoms with E-state index in [1.165, 1.54) is 25.8 Å². The molecular weight excluding hydrogens is 1520 g/mol. The predicted octanol–water partition coefficient (Wildman–Crippen LogP) is -15.1. The standard InChI is InChI=1S/C66H108N10O37/c1-23(55(67)96)69-57(98)31-10-8-12-75(31)60(101)32-11-9-13-76(32)59(100)24(2)70-58(99)39(74-56(97)29(17-77)14-30(85)16-68-7)25(3)105-62-42(73-28(6)84)52(46(91)38(109-62)22-104-61-41(72-27(5)83)47(92)51(37(21-81)108-61)110-63-49(94)48(93)44(89)35(19-79)106-63)111-64-50(95)54(45(90)36(20-80)107-64)113-66(65(102)103)15-33(86)40(71-26(4)82)53(112-66)43(88)34(87)18-78/h23-25,29,31-54,61-64,68,77-81,86-95H,8-22H2,1-7H3,(H2,67,96)(H,69,98)(H,70,99)(H,71,82)(H,72,83)(H,73,84)(H,74,97)(H,102,103)/t23?,24?,25?,29?,31?,32?,33-,34-,35?,36?,37?,38?,39?,40-,41?,42?,43-,44+,45+,46+,47-,48+,49?,50?,51-,52-,53?,54+,61-,62+,63+,64+,66+/m1/s1. The van der Waals surface area contributed by atoms with Crippen LogP contribution in [0.2, 0.25) is 0 Å². The maximum absolute atomic E-state index is 15.1. The summed E-state index contributed by atoms with van der Waals surface area (Å²) in [6.07, 6.45) is -50.0. The van der Waals surface area contributed by atoms with Crippen LogP contribution >= 0.6 is 0 Å². The molecule has 0 bridgehead atoms. The molecule has 25 N–H and O–H groups in total. The van der Waals surface area contributed by atoms with Crippen molar-refractivity contribution in [2.45, 2.75) is 275 Å². The van der Waals surface area contributed by atoms with Crippen LogP contribution in [0.1, 0.15) is 80.1 Å². The second-order valence-electron chi connectivity index (χ2n) is 28.8. The van der Waals surface area contributed by atoms with Crippen molar-refractivity contribution in [2.75, 3.05) is 66.3 Å². The highest BCUT2D eigenvalue weighted by Crippen LogP contribution is 2.40. The van der Waals surface area contributed by atoms with Crippen LogP contribution in [0.3, 0.4) is 0 Å². The first-order valence-electron chi connectivity index (χ1n) is 36.7. The molecule has 47 heteroatoms. The minimum absolute atomic E-state index is 0.0466. The number of nitrogens with zero attached hydrogens (tertiary/aromatic N) is 2. The van der Waals surface area contributed by atoms with Crippen molar-refractivity contribution < 1.29 is 182 Å². The van der Waals surface area contributed by atoms with E-state index in [0.29, 0.717) is 6.42 Å². The summed E-state index contributed by atoms with van der Waals surface area (Å²) in [5, 5.41) is 193. The first-order chi connectivity index (χ1) is 53.2. The number of aliphatic carboxylic acids is 1. The van der Waals surface area contributed by atoms with Crippen LogP contribution in [-0.2, 0) is 100 Å². The number of aliphatic hydroxyl groups excluding tert-OH is 15. The van der Waals surface area contributed by atoms with Gasteiger partial charge in [0.1, 0.15) is 152 Å². The summed E-state index contributed by atoms with van der Waals surface area (Å²) < 4.78 is 59.9. The van der Waals surface area contributed by atoms with E-state index in [0.717, 1.165) is 32.6 Å². The van der Waals surface area contributed by atoms with E-state index >= 15 is 4.79 Å². The number of carboxylic acids is 1. The maximum Gasteiger partial charge on any atom is 0.364 e. The Balaban J connectivity index is 1.28. The van der Waals surface area contributed by atoms with E-state index in [-0.39, 0.29) is 38.9 Å². The van der Waals surface area contributed by atoms with Crippen molar-refractivity contribution in [3.05, 3.63) is 0 Å². The molecule has 0 saturated carbocycles. The second-order valence-corrected chi connectivity index (χ2v) is 28.8. The van der Waals surface area contributed by atoms with E-state index in [1.807, 2.05) is 0 Å². The number of ether oxygens (including phenoxy) is 10. The molecule has 7 rings (SSSR count). The zero-order valence-electron chi connectivity index (χ0n) is 62.8. The number of carboxylic acid groups (broad SMARTS) is 1.